The number of rotatable bonds is 1. The molecule has 3 N–H and O–H groups in total. The van der Waals surface area contributed by atoms with Gasteiger partial charge in [-0.25, -0.2) is 0 Å². The maximum Gasteiger partial charge on any atom is 0.189 e. The summed E-state index contributed by atoms with van der Waals surface area (Å²) in [5, 5.41) is 4.14. The molecule has 14 heavy (non-hydrogen) atoms. The van der Waals surface area contributed by atoms with Crippen molar-refractivity contribution in [2.75, 3.05) is 6.54 Å². The van der Waals surface area contributed by atoms with E-state index < -0.39 is 0 Å². The minimum absolute atomic E-state index is 0.0428. The van der Waals surface area contributed by atoms with Gasteiger partial charge in [0.15, 0.2) is 5.96 Å². The van der Waals surface area contributed by atoms with Crippen LogP contribution in [0.2, 0.25) is 10.0 Å². The van der Waals surface area contributed by atoms with Crippen molar-refractivity contribution < 1.29 is 0 Å². The van der Waals surface area contributed by atoms with Crippen LogP contribution >= 0.6 is 23.2 Å². The summed E-state index contributed by atoms with van der Waals surface area (Å²) in [5.41, 5.74) is 6.45. The van der Waals surface area contributed by atoms with Crippen LogP contribution in [0.4, 0.5) is 0 Å². The Hall–Kier alpha value is -0.930. The van der Waals surface area contributed by atoms with Crippen molar-refractivity contribution in [3.05, 3.63) is 33.8 Å². The quantitative estimate of drug-likeness (QED) is 0.774. The van der Waals surface area contributed by atoms with E-state index in [9.17, 15) is 0 Å². The van der Waals surface area contributed by atoms with Gasteiger partial charge in [0.1, 0.15) is 0 Å². The third kappa shape index (κ3) is 1.65. The number of nitrogens with two attached hydrogens (primary N) is 1. The predicted octanol–water partition coefficient (Wildman–Crippen LogP) is 1.95. The van der Waals surface area contributed by atoms with Crippen molar-refractivity contribution >= 4 is 29.2 Å². The van der Waals surface area contributed by atoms with E-state index >= 15 is 0 Å². The van der Waals surface area contributed by atoms with E-state index in [1.54, 1.807) is 6.07 Å². The summed E-state index contributed by atoms with van der Waals surface area (Å²) in [5.74, 6) is 0.450. The number of halogens is 2. The zero-order valence-corrected chi connectivity index (χ0v) is 8.81. The molecule has 2 rings (SSSR count). The summed E-state index contributed by atoms with van der Waals surface area (Å²) in [6.45, 7) is 0.603. The van der Waals surface area contributed by atoms with E-state index in [2.05, 4.69) is 10.3 Å². The number of hydrogen-bond acceptors (Lipinski definition) is 3. The van der Waals surface area contributed by atoms with Gasteiger partial charge >= 0.3 is 0 Å². The van der Waals surface area contributed by atoms with Crippen LogP contribution in [-0.2, 0) is 0 Å². The van der Waals surface area contributed by atoms with Crippen LogP contribution in [-0.4, -0.2) is 12.5 Å². The van der Waals surface area contributed by atoms with Crippen molar-refractivity contribution in [2.24, 2.45) is 10.7 Å². The maximum absolute atomic E-state index is 6.06. The molecule has 0 saturated carbocycles. The Morgan fingerprint density at radius 2 is 2.21 bits per heavy atom. The fourth-order valence-electron chi connectivity index (χ4n) is 1.43. The van der Waals surface area contributed by atoms with Gasteiger partial charge in [-0.15, -0.1) is 0 Å². The summed E-state index contributed by atoms with van der Waals surface area (Å²) < 4.78 is 0. The Morgan fingerprint density at radius 1 is 1.43 bits per heavy atom. The number of benzene rings is 1. The zero-order chi connectivity index (χ0) is 10.1. The zero-order valence-electron chi connectivity index (χ0n) is 7.30. The molecule has 0 fully saturated rings. The summed E-state index contributed by atoms with van der Waals surface area (Å²) in [6.07, 6.45) is 0. The van der Waals surface area contributed by atoms with Crippen molar-refractivity contribution in [3.63, 3.8) is 0 Å². The molecule has 74 valence electrons. The lowest BCUT2D eigenvalue weighted by Gasteiger charge is -2.13. The molecule has 1 aromatic rings. The maximum atomic E-state index is 6.06. The molecule has 3 nitrogen and oxygen atoms in total. The first-order valence-electron chi connectivity index (χ1n) is 4.19. The molecule has 1 aromatic carbocycles. The van der Waals surface area contributed by atoms with Gasteiger partial charge < -0.3 is 11.1 Å². The Morgan fingerprint density at radius 3 is 2.86 bits per heavy atom. The van der Waals surface area contributed by atoms with E-state index in [4.69, 9.17) is 28.9 Å². The van der Waals surface area contributed by atoms with E-state index in [-0.39, 0.29) is 6.04 Å². The van der Waals surface area contributed by atoms with E-state index in [1.807, 2.05) is 12.1 Å². The second-order valence-corrected chi connectivity index (χ2v) is 3.85. The first-order valence-corrected chi connectivity index (χ1v) is 4.94. The topological polar surface area (TPSA) is 50.4 Å². The molecule has 0 aliphatic carbocycles. The summed E-state index contributed by atoms with van der Waals surface area (Å²) in [6, 6.07) is 5.58. The Balaban J connectivity index is 2.30. The summed E-state index contributed by atoms with van der Waals surface area (Å²) >= 11 is 12.0. The van der Waals surface area contributed by atoms with E-state index in [0.29, 0.717) is 22.5 Å². The normalized spacial score (nSPS) is 20.4. The highest BCUT2D eigenvalue weighted by atomic mass is 35.5. The van der Waals surface area contributed by atoms with Crippen LogP contribution in [0.5, 0.6) is 0 Å². The van der Waals surface area contributed by atoms with Crippen molar-refractivity contribution in [1.82, 2.24) is 5.32 Å². The fraction of sp³-hybridized carbons (Fsp3) is 0.222. The third-order valence-corrected chi connectivity index (χ3v) is 2.96. The second kappa shape index (κ2) is 3.67. The molecule has 1 heterocycles. The predicted molar refractivity (Wildman–Crippen MR) is 58.8 cm³/mol. The molecule has 0 bridgehead atoms. The SMILES string of the molecule is NC1=NCC(c2cccc(Cl)c2Cl)N1. The van der Waals surface area contributed by atoms with Gasteiger partial charge in [-0.3, -0.25) is 4.99 Å². The van der Waals surface area contributed by atoms with Gasteiger partial charge in [-0.2, -0.15) is 0 Å². The molecule has 0 saturated heterocycles. The van der Waals surface area contributed by atoms with Crippen molar-refractivity contribution in [2.45, 2.75) is 6.04 Å². The molecule has 0 spiro atoms. The van der Waals surface area contributed by atoms with E-state index in [0.717, 1.165) is 5.56 Å². The minimum Gasteiger partial charge on any atom is -0.370 e. The third-order valence-electron chi connectivity index (χ3n) is 2.12. The van der Waals surface area contributed by atoms with Crippen LogP contribution in [0.1, 0.15) is 11.6 Å². The Bertz CT molecular complexity index is 390. The number of aliphatic imine (C=N–C) groups is 1. The van der Waals surface area contributed by atoms with Gasteiger partial charge in [0, 0.05) is 0 Å². The molecule has 1 atom stereocenters. The number of nitrogens with one attached hydrogen (secondary N) is 1. The largest absolute Gasteiger partial charge is 0.370 e. The van der Waals surface area contributed by atoms with Crippen molar-refractivity contribution in [1.29, 1.82) is 0 Å². The first-order chi connectivity index (χ1) is 6.68. The Labute approximate surface area is 91.9 Å². The highest BCUT2D eigenvalue weighted by Gasteiger charge is 2.20. The Kier molecular flexibility index (Phi) is 2.52. The van der Waals surface area contributed by atoms with Crippen LogP contribution < -0.4 is 11.1 Å². The van der Waals surface area contributed by atoms with Crippen LogP contribution in [0, 0.1) is 0 Å². The molecular weight excluding hydrogens is 221 g/mol. The van der Waals surface area contributed by atoms with Gasteiger partial charge in [0.25, 0.3) is 0 Å². The fourth-order valence-corrected chi connectivity index (χ4v) is 1.86. The molecule has 1 aliphatic heterocycles. The molecule has 1 aliphatic rings. The highest BCUT2D eigenvalue weighted by Crippen LogP contribution is 2.30. The summed E-state index contributed by atoms with van der Waals surface area (Å²) in [4.78, 5) is 4.05. The van der Waals surface area contributed by atoms with Crippen LogP contribution in [0.15, 0.2) is 23.2 Å². The summed E-state index contributed by atoms with van der Waals surface area (Å²) in [7, 11) is 0. The lowest BCUT2D eigenvalue weighted by atomic mass is 10.1. The van der Waals surface area contributed by atoms with Crippen LogP contribution in [0.25, 0.3) is 0 Å². The first kappa shape index (κ1) is 9.62. The van der Waals surface area contributed by atoms with Crippen molar-refractivity contribution in [3.8, 4) is 0 Å². The number of guanidine groups is 1. The molecule has 0 radical (unpaired) electrons. The standard InChI is InChI=1S/C9H9Cl2N3/c10-6-3-1-2-5(8(6)11)7-4-13-9(12)14-7/h1-3,7H,4H2,(H3,12,13,14). The lowest BCUT2D eigenvalue weighted by molar-refractivity contribution is 0.708. The number of nitrogens with zero attached hydrogens (tertiary/aromatic N) is 1. The minimum atomic E-state index is 0.0428. The average molecular weight is 230 g/mol. The second-order valence-electron chi connectivity index (χ2n) is 3.07. The highest BCUT2D eigenvalue weighted by molar-refractivity contribution is 6.42. The molecule has 0 amide bonds. The average Bonchev–Trinajstić information content (AvgIpc) is 2.57. The van der Waals surface area contributed by atoms with Gasteiger partial charge in [0.05, 0.1) is 22.6 Å². The monoisotopic (exact) mass is 229 g/mol. The van der Waals surface area contributed by atoms with Gasteiger partial charge in [0.2, 0.25) is 0 Å². The molecule has 1 unspecified atom stereocenters. The van der Waals surface area contributed by atoms with E-state index in [1.165, 1.54) is 0 Å². The molecule has 5 heteroatoms. The number of hydrogen-bond donors (Lipinski definition) is 2. The molecular formula is C9H9Cl2N3. The van der Waals surface area contributed by atoms with Gasteiger partial charge in [-0.05, 0) is 11.6 Å². The van der Waals surface area contributed by atoms with Gasteiger partial charge in [-0.1, -0.05) is 35.3 Å². The van der Waals surface area contributed by atoms with Crippen LogP contribution in [0.3, 0.4) is 0 Å². The lowest BCUT2D eigenvalue weighted by Crippen LogP contribution is -2.29. The molecule has 0 aromatic heterocycles. The smallest absolute Gasteiger partial charge is 0.189 e.